The van der Waals surface area contributed by atoms with E-state index in [-0.39, 0.29) is 17.7 Å². The first-order chi connectivity index (χ1) is 12.5. The first-order valence-electron chi connectivity index (χ1n) is 8.85. The number of rotatable bonds is 5. The number of hydrogen-bond acceptors (Lipinski definition) is 4. The van der Waals surface area contributed by atoms with E-state index in [2.05, 4.69) is 0 Å². The molecule has 2 aromatic rings. The Balaban J connectivity index is 1.85. The molecule has 0 bridgehead atoms. The van der Waals surface area contributed by atoms with Gasteiger partial charge in [0.25, 0.3) is 5.91 Å². The summed E-state index contributed by atoms with van der Waals surface area (Å²) in [6, 6.07) is 11.8. The third-order valence-corrected chi connectivity index (χ3v) is 5.91. The van der Waals surface area contributed by atoms with Crippen LogP contribution in [0.3, 0.4) is 0 Å². The SMILES string of the molecule is CCOc1cc(-c2ccccc2)sc1C(=O)N1CCC(C(=O)O)C(C)C1. The van der Waals surface area contributed by atoms with Crippen LogP contribution in [0.1, 0.15) is 29.9 Å². The molecule has 26 heavy (non-hydrogen) atoms. The van der Waals surface area contributed by atoms with Crippen molar-refractivity contribution in [2.45, 2.75) is 20.3 Å². The second-order valence-corrected chi connectivity index (χ2v) is 7.62. The summed E-state index contributed by atoms with van der Waals surface area (Å²) in [6.45, 7) is 5.20. The number of carbonyl (C=O) groups excluding carboxylic acids is 1. The molecule has 0 aliphatic carbocycles. The van der Waals surface area contributed by atoms with Gasteiger partial charge in [-0.15, -0.1) is 11.3 Å². The minimum atomic E-state index is -0.776. The lowest BCUT2D eigenvalue weighted by molar-refractivity contribution is -0.145. The van der Waals surface area contributed by atoms with Crippen molar-refractivity contribution in [3.05, 3.63) is 41.3 Å². The zero-order valence-corrected chi connectivity index (χ0v) is 15.8. The molecule has 6 heteroatoms. The highest BCUT2D eigenvalue weighted by molar-refractivity contribution is 7.17. The lowest BCUT2D eigenvalue weighted by atomic mass is 9.87. The van der Waals surface area contributed by atoms with Gasteiger partial charge in [0.05, 0.1) is 12.5 Å². The highest BCUT2D eigenvalue weighted by Crippen LogP contribution is 2.38. The summed E-state index contributed by atoms with van der Waals surface area (Å²) in [6.07, 6.45) is 0.489. The fourth-order valence-electron chi connectivity index (χ4n) is 3.37. The quantitative estimate of drug-likeness (QED) is 0.860. The summed E-state index contributed by atoms with van der Waals surface area (Å²) in [7, 11) is 0. The van der Waals surface area contributed by atoms with Crippen molar-refractivity contribution in [3.8, 4) is 16.2 Å². The number of hydrogen-bond donors (Lipinski definition) is 1. The highest BCUT2D eigenvalue weighted by atomic mass is 32.1. The summed E-state index contributed by atoms with van der Waals surface area (Å²) in [5, 5.41) is 9.27. The first-order valence-corrected chi connectivity index (χ1v) is 9.67. The number of likely N-dealkylation sites (tertiary alicyclic amines) is 1. The van der Waals surface area contributed by atoms with Crippen LogP contribution in [0.15, 0.2) is 36.4 Å². The van der Waals surface area contributed by atoms with Crippen LogP contribution >= 0.6 is 11.3 Å². The van der Waals surface area contributed by atoms with Crippen molar-refractivity contribution in [1.29, 1.82) is 0 Å². The van der Waals surface area contributed by atoms with Gasteiger partial charge >= 0.3 is 5.97 Å². The summed E-state index contributed by atoms with van der Waals surface area (Å²) < 4.78 is 5.71. The van der Waals surface area contributed by atoms with Gasteiger partial charge in [0, 0.05) is 18.0 Å². The molecule has 1 saturated heterocycles. The summed E-state index contributed by atoms with van der Waals surface area (Å²) in [4.78, 5) is 27.7. The molecule has 5 nitrogen and oxygen atoms in total. The summed E-state index contributed by atoms with van der Waals surface area (Å²) in [5.41, 5.74) is 1.05. The summed E-state index contributed by atoms with van der Waals surface area (Å²) in [5.74, 6) is -0.685. The predicted octanol–water partition coefficient (Wildman–Crippen LogP) is 4.00. The van der Waals surface area contributed by atoms with Crippen molar-refractivity contribution in [3.63, 3.8) is 0 Å². The molecule has 1 aromatic heterocycles. The molecule has 3 rings (SSSR count). The van der Waals surface area contributed by atoms with Crippen LogP contribution in [0.2, 0.25) is 0 Å². The topological polar surface area (TPSA) is 66.8 Å². The third kappa shape index (κ3) is 3.75. The molecular weight excluding hydrogens is 350 g/mol. The number of amides is 1. The molecular formula is C20H23NO4S. The molecule has 0 spiro atoms. The lowest BCUT2D eigenvalue weighted by Gasteiger charge is -2.34. The van der Waals surface area contributed by atoms with Crippen molar-refractivity contribution in [2.24, 2.45) is 11.8 Å². The van der Waals surface area contributed by atoms with Gasteiger partial charge in [0.2, 0.25) is 0 Å². The number of aliphatic carboxylic acids is 1. The van der Waals surface area contributed by atoms with E-state index in [0.717, 1.165) is 10.4 Å². The molecule has 1 aliphatic rings. The van der Waals surface area contributed by atoms with Gasteiger partial charge in [0.15, 0.2) is 0 Å². The maximum atomic E-state index is 13.1. The molecule has 1 fully saturated rings. The van der Waals surface area contributed by atoms with Gasteiger partial charge in [-0.2, -0.15) is 0 Å². The Hall–Kier alpha value is -2.34. The molecule has 1 amide bonds. The molecule has 2 heterocycles. The number of ether oxygens (including phenoxy) is 1. The third-order valence-electron chi connectivity index (χ3n) is 4.76. The lowest BCUT2D eigenvalue weighted by Crippen LogP contribution is -2.44. The molecule has 138 valence electrons. The van der Waals surface area contributed by atoms with Gasteiger partial charge in [-0.1, -0.05) is 37.3 Å². The van der Waals surface area contributed by atoms with Gasteiger partial charge in [-0.25, -0.2) is 0 Å². The van der Waals surface area contributed by atoms with E-state index in [1.165, 1.54) is 11.3 Å². The molecule has 1 aliphatic heterocycles. The largest absolute Gasteiger partial charge is 0.492 e. The number of nitrogens with zero attached hydrogens (tertiary/aromatic N) is 1. The molecule has 0 radical (unpaired) electrons. The van der Waals surface area contributed by atoms with Crippen LogP contribution in [-0.4, -0.2) is 41.6 Å². The van der Waals surface area contributed by atoms with Crippen molar-refractivity contribution >= 4 is 23.2 Å². The van der Waals surface area contributed by atoms with Crippen LogP contribution in [0, 0.1) is 11.8 Å². The van der Waals surface area contributed by atoms with E-state index in [1.807, 2.05) is 50.2 Å². The van der Waals surface area contributed by atoms with Crippen LogP contribution in [0.5, 0.6) is 5.75 Å². The van der Waals surface area contributed by atoms with Gasteiger partial charge in [-0.05, 0) is 30.9 Å². The maximum Gasteiger partial charge on any atom is 0.306 e. The average molecular weight is 373 g/mol. The van der Waals surface area contributed by atoms with Crippen LogP contribution in [0.4, 0.5) is 0 Å². The Morgan fingerprint density at radius 1 is 1.31 bits per heavy atom. The smallest absolute Gasteiger partial charge is 0.306 e. The number of benzene rings is 1. The molecule has 1 aromatic carbocycles. The zero-order valence-electron chi connectivity index (χ0n) is 15.0. The van der Waals surface area contributed by atoms with Gasteiger partial charge in [-0.3, -0.25) is 9.59 Å². The first kappa shape index (κ1) is 18.5. The zero-order chi connectivity index (χ0) is 18.7. The molecule has 2 atom stereocenters. The highest BCUT2D eigenvalue weighted by Gasteiger charge is 2.34. The standard InChI is InChI=1S/C20H23NO4S/c1-3-25-16-11-17(14-7-5-4-6-8-14)26-18(16)19(22)21-10-9-15(20(23)24)13(2)12-21/h4-8,11,13,15H,3,9-10,12H2,1-2H3,(H,23,24). The second kappa shape index (κ2) is 7.91. The summed E-state index contributed by atoms with van der Waals surface area (Å²) >= 11 is 1.43. The number of carbonyl (C=O) groups is 2. The van der Waals surface area contributed by atoms with E-state index in [1.54, 1.807) is 4.90 Å². The number of carboxylic acids is 1. The normalized spacial score (nSPS) is 20.0. The number of carboxylic acid groups (broad SMARTS) is 1. The molecule has 1 N–H and O–H groups in total. The van der Waals surface area contributed by atoms with Crippen molar-refractivity contribution in [1.82, 2.24) is 4.90 Å². The van der Waals surface area contributed by atoms with Crippen LogP contribution in [0.25, 0.3) is 10.4 Å². The fourth-order valence-corrected chi connectivity index (χ4v) is 4.45. The molecule has 0 saturated carbocycles. The van der Waals surface area contributed by atoms with Crippen LogP contribution < -0.4 is 4.74 Å². The monoisotopic (exact) mass is 373 g/mol. The number of thiophene rings is 1. The van der Waals surface area contributed by atoms with E-state index in [9.17, 15) is 14.7 Å². The fraction of sp³-hybridized carbons (Fsp3) is 0.400. The number of piperidine rings is 1. The van der Waals surface area contributed by atoms with Crippen LogP contribution in [-0.2, 0) is 4.79 Å². The molecule has 2 unspecified atom stereocenters. The maximum absolute atomic E-state index is 13.1. The van der Waals surface area contributed by atoms with E-state index in [0.29, 0.717) is 36.7 Å². The minimum Gasteiger partial charge on any atom is -0.492 e. The Labute approximate surface area is 157 Å². The van der Waals surface area contributed by atoms with E-state index in [4.69, 9.17) is 4.74 Å². The Morgan fingerprint density at radius 3 is 2.65 bits per heavy atom. The Kier molecular flexibility index (Phi) is 5.61. The Morgan fingerprint density at radius 2 is 2.04 bits per heavy atom. The average Bonchev–Trinajstić information content (AvgIpc) is 3.05. The minimum absolute atomic E-state index is 0.0608. The Bertz CT molecular complexity index is 786. The van der Waals surface area contributed by atoms with Gasteiger partial charge in [0.1, 0.15) is 10.6 Å². The predicted molar refractivity (Wildman–Crippen MR) is 102 cm³/mol. The van der Waals surface area contributed by atoms with E-state index < -0.39 is 5.97 Å². The second-order valence-electron chi connectivity index (χ2n) is 6.56. The van der Waals surface area contributed by atoms with Gasteiger partial charge < -0.3 is 14.7 Å². The van der Waals surface area contributed by atoms with Crippen molar-refractivity contribution in [2.75, 3.05) is 19.7 Å². The van der Waals surface area contributed by atoms with Crippen molar-refractivity contribution < 1.29 is 19.4 Å². The van der Waals surface area contributed by atoms with E-state index >= 15 is 0 Å².